The van der Waals surface area contributed by atoms with Gasteiger partial charge >= 0.3 is 5.97 Å². The Morgan fingerprint density at radius 1 is 1.52 bits per heavy atom. The van der Waals surface area contributed by atoms with Gasteiger partial charge in [-0.3, -0.25) is 9.59 Å². The maximum Gasteiger partial charge on any atom is 0.303 e. The van der Waals surface area contributed by atoms with Crippen molar-refractivity contribution in [3.63, 3.8) is 0 Å². The third kappa shape index (κ3) is 3.26. The molecule has 1 aromatic rings. The number of hydrogen-bond acceptors (Lipinski definition) is 6. The van der Waals surface area contributed by atoms with Crippen LogP contribution in [0.1, 0.15) is 41.7 Å². The summed E-state index contributed by atoms with van der Waals surface area (Å²) in [5.74, 6) is -0.458. The molecule has 2 heterocycles. The van der Waals surface area contributed by atoms with Crippen LogP contribution in [0.15, 0.2) is 11.1 Å². The standard InChI is InChI=1S/C14H16N2O4S/c1-7-10(8(2)17)4-11(16-7)13-14(20-9(3)18)12(5-19-13)15-6-21/h4,12-14,16H,5H2,1-3H3/t12-,13-,14+/m0/s1. The van der Waals surface area contributed by atoms with Crippen LogP contribution in [0.4, 0.5) is 0 Å². The monoisotopic (exact) mass is 308 g/mol. The highest BCUT2D eigenvalue weighted by molar-refractivity contribution is 7.78. The smallest absolute Gasteiger partial charge is 0.303 e. The van der Waals surface area contributed by atoms with Crippen LogP contribution in [0.25, 0.3) is 0 Å². The van der Waals surface area contributed by atoms with Gasteiger partial charge in [0.1, 0.15) is 12.1 Å². The molecule has 1 aromatic heterocycles. The molecule has 0 amide bonds. The molecule has 1 fully saturated rings. The number of thiocarbonyl (C=S) groups is 1. The van der Waals surface area contributed by atoms with Crippen molar-refractivity contribution in [3.05, 3.63) is 23.0 Å². The lowest BCUT2D eigenvalue weighted by Crippen LogP contribution is -2.29. The van der Waals surface area contributed by atoms with E-state index in [0.717, 1.165) is 5.69 Å². The van der Waals surface area contributed by atoms with E-state index in [9.17, 15) is 9.59 Å². The van der Waals surface area contributed by atoms with Gasteiger partial charge in [0.2, 0.25) is 0 Å². The van der Waals surface area contributed by atoms with E-state index < -0.39 is 18.2 Å². The fourth-order valence-electron chi connectivity index (χ4n) is 2.47. The highest BCUT2D eigenvalue weighted by atomic mass is 32.1. The minimum absolute atomic E-state index is 0.0366. The summed E-state index contributed by atoms with van der Waals surface area (Å²) in [5.41, 5.74) is 2.03. The number of nitrogens with one attached hydrogen (secondary N) is 1. The molecule has 1 aliphatic heterocycles. The summed E-state index contributed by atoms with van der Waals surface area (Å²) in [7, 11) is 0. The van der Waals surface area contributed by atoms with Crippen molar-refractivity contribution < 1.29 is 19.1 Å². The van der Waals surface area contributed by atoms with E-state index in [-0.39, 0.29) is 18.4 Å². The first-order valence-corrected chi connectivity index (χ1v) is 6.91. The zero-order valence-corrected chi connectivity index (χ0v) is 12.8. The van der Waals surface area contributed by atoms with E-state index in [2.05, 4.69) is 27.4 Å². The van der Waals surface area contributed by atoms with Crippen LogP contribution < -0.4 is 0 Å². The summed E-state index contributed by atoms with van der Waals surface area (Å²) < 4.78 is 11.0. The van der Waals surface area contributed by atoms with Crippen LogP contribution in [-0.4, -0.2) is 40.7 Å². The van der Waals surface area contributed by atoms with Crippen molar-refractivity contribution in [2.24, 2.45) is 4.99 Å². The van der Waals surface area contributed by atoms with Crippen molar-refractivity contribution in [3.8, 4) is 0 Å². The highest BCUT2D eigenvalue weighted by Crippen LogP contribution is 2.33. The first kappa shape index (κ1) is 15.6. The minimum atomic E-state index is -0.587. The Labute approximate surface area is 127 Å². The number of esters is 1. The van der Waals surface area contributed by atoms with E-state index in [1.807, 2.05) is 6.92 Å². The number of ether oxygens (including phenoxy) is 2. The predicted molar refractivity (Wildman–Crippen MR) is 78.6 cm³/mol. The minimum Gasteiger partial charge on any atom is -0.457 e. The van der Waals surface area contributed by atoms with E-state index >= 15 is 0 Å². The fraction of sp³-hybridized carbons (Fsp3) is 0.500. The molecule has 0 bridgehead atoms. The molecule has 1 saturated heterocycles. The number of ketones is 1. The summed E-state index contributed by atoms with van der Waals surface area (Å²) in [6.07, 6.45) is -1.09. The molecule has 2 rings (SSSR count). The number of aromatic amines is 1. The molecule has 3 atom stereocenters. The van der Waals surface area contributed by atoms with Gasteiger partial charge in [0.25, 0.3) is 0 Å². The summed E-state index contributed by atoms with van der Waals surface area (Å²) >= 11 is 4.60. The third-order valence-electron chi connectivity index (χ3n) is 3.37. The molecule has 0 spiro atoms. The Bertz CT molecular complexity index is 618. The number of aryl methyl sites for hydroxylation is 1. The van der Waals surface area contributed by atoms with Crippen molar-refractivity contribution >= 4 is 29.1 Å². The summed E-state index contributed by atoms with van der Waals surface area (Å²) in [5, 5.41) is 2.29. The number of nitrogens with zero attached hydrogens (tertiary/aromatic N) is 1. The van der Waals surface area contributed by atoms with Crippen molar-refractivity contribution in [2.45, 2.75) is 39.0 Å². The molecular formula is C14H16N2O4S. The Hall–Kier alpha value is -1.82. The fourth-order valence-corrected chi connectivity index (χ4v) is 2.61. The Kier molecular flexibility index (Phi) is 4.67. The van der Waals surface area contributed by atoms with E-state index in [1.54, 1.807) is 6.07 Å². The quantitative estimate of drug-likeness (QED) is 0.398. The van der Waals surface area contributed by atoms with E-state index in [0.29, 0.717) is 11.3 Å². The van der Waals surface area contributed by atoms with Crippen LogP contribution in [0, 0.1) is 6.92 Å². The second-order valence-electron chi connectivity index (χ2n) is 4.94. The molecule has 0 saturated carbocycles. The second-order valence-corrected chi connectivity index (χ2v) is 5.12. The maximum absolute atomic E-state index is 11.5. The number of aromatic nitrogens is 1. The lowest BCUT2D eigenvalue weighted by molar-refractivity contribution is -0.149. The first-order valence-electron chi connectivity index (χ1n) is 6.50. The average Bonchev–Trinajstić information content (AvgIpc) is 2.94. The molecular weight excluding hydrogens is 292 g/mol. The van der Waals surface area contributed by atoms with Gasteiger partial charge in [0.15, 0.2) is 11.9 Å². The summed E-state index contributed by atoms with van der Waals surface area (Å²) in [6.45, 7) is 4.91. The second kappa shape index (κ2) is 6.30. The van der Waals surface area contributed by atoms with Crippen LogP contribution >= 0.6 is 12.2 Å². The first-order chi connectivity index (χ1) is 9.93. The molecule has 0 aliphatic carbocycles. The summed E-state index contributed by atoms with van der Waals surface area (Å²) in [4.78, 5) is 29.9. The molecule has 6 nitrogen and oxygen atoms in total. The lowest BCUT2D eigenvalue weighted by Gasteiger charge is -2.19. The van der Waals surface area contributed by atoms with Gasteiger partial charge in [0.05, 0.1) is 11.8 Å². The summed E-state index contributed by atoms with van der Waals surface area (Å²) in [6, 6.07) is 1.34. The molecule has 1 aliphatic rings. The number of hydrogen-bond donors (Lipinski definition) is 1. The van der Waals surface area contributed by atoms with Gasteiger partial charge < -0.3 is 14.5 Å². The molecule has 7 heteroatoms. The number of isothiocyanates is 1. The molecule has 0 radical (unpaired) electrons. The maximum atomic E-state index is 11.5. The van der Waals surface area contributed by atoms with Gasteiger partial charge in [-0.1, -0.05) is 0 Å². The SMILES string of the molecule is CC(=O)O[C@@H]1[C@@H](N=C=S)CO[C@H]1c1cc(C(C)=O)c(C)[nH]1. The number of aliphatic imine (C=N–C) groups is 1. The molecule has 0 aromatic carbocycles. The molecule has 112 valence electrons. The van der Waals surface area contributed by atoms with Crippen LogP contribution in [0.2, 0.25) is 0 Å². The number of carbonyl (C=O) groups excluding carboxylic acids is 2. The number of H-pyrrole nitrogens is 1. The van der Waals surface area contributed by atoms with Gasteiger partial charge in [-0.05, 0) is 32.1 Å². The van der Waals surface area contributed by atoms with Crippen molar-refractivity contribution in [1.82, 2.24) is 4.98 Å². The third-order valence-corrected chi connectivity index (χ3v) is 3.47. The topological polar surface area (TPSA) is 80.8 Å². The lowest BCUT2D eigenvalue weighted by atomic mass is 10.1. The largest absolute Gasteiger partial charge is 0.457 e. The van der Waals surface area contributed by atoms with Crippen LogP contribution in [-0.2, 0) is 14.3 Å². The molecule has 0 unspecified atom stereocenters. The van der Waals surface area contributed by atoms with E-state index in [1.165, 1.54) is 13.8 Å². The Morgan fingerprint density at radius 3 is 2.76 bits per heavy atom. The van der Waals surface area contributed by atoms with Crippen LogP contribution in [0.5, 0.6) is 0 Å². The van der Waals surface area contributed by atoms with Crippen LogP contribution in [0.3, 0.4) is 0 Å². The average molecular weight is 308 g/mol. The van der Waals surface area contributed by atoms with Gasteiger partial charge in [-0.2, -0.15) is 0 Å². The van der Waals surface area contributed by atoms with Gasteiger partial charge in [-0.25, -0.2) is 4.99 Å². The normalized spacial score (nSPS) is 24.4. The zero-order chi connectivity index (χ0) is 15.6. The number of carbonyl (C=O) groups is 2. The number of rotatable bonds is 4. The zero-order valence-electron chi connectivity index (χ0n) is 12.0. The van der Waals surface area contributed by atoms with Crippen molar-refractivity contribution in [1.29, 1.82) is 0 Å². The predicted octanol–water partition coefficient (Wildman–Crippen LogP) is 2.00. The van der Waals surface area contributed by atoms with Crippen molar-refractivity contribution in [2.75, 3.05) is 6.61 Å². The van der Waals surface area contributed by atoms with Gasteiger partial charge in [-0.15, -0.1) is 0 Å². The highest BCUT2D eigenvalue weighted by Gasteiger charge is 2.41. The Morgan fingerprint density at radius 2 is 2.24 bits per heavy atom. The molecule has 21 heavy (non-hydrogen) atoms. The Balaban J connectivity index is 2.32. The molecule has 1 N–H and O–H groups in total. The van der Waals surface area contributed by atoms with Gasteiger partial charge in [0, 0.05) is 23.9 Å². The van der Waals surface area contributed by atoms with E-state index in [4.69, 9.17) is 9.47 Å². The number of Topliss-reactive ketones (excluding diaryl/α,β-unsaturated/α-hetero) is 1.